The van der Waals surface area contributed by atoms with E-state index in [0.717, 1.165) is 24.3 Å². The first kappa shape index (κ1) is 19.6. The molecule has 0 aromatic carbocycles. The number of hydrogen-bond donors (Lipinski definition) is 2. The molecule has 0 spiro atoms. The first-order valence-corrected chi connectivity index (χ1v) is 11.2. The van der Waals surface area contributed by atoms with E-state index in [1.807, 2.05) is 0 Å². The van der Waals surface area contributed by atoms with Crippen LogP contribution in [0.4, 0.5) is 5.00 Å². The lowest BCUT2D eigenvalue weighted by atomic mass is 9.97. The SMILES string of the molecule is COC(=O)c1c(NC(=S)NC2CCCCCCC2)sc2c1CCCCC2. The van der Waals surface area contributed by atoms with E-state index in [2.05, 4.69) is 10.6 Å². The van der Waals surface area contributed by atoms with Crippen molar-refractivity contribution in [3.05, 3.63) is 16.0 Å². The van der Waals surface area contributed by atoms with Crippen molar-refractivity contribution in [1.82, 2.24) is 5.32 Å². The molecular formula is C20H30N2O2S2. The number of carbonyl (C=O) groups excluding carboxylic acids is 1. The number of fused-ring (bicyclic) bond motifs is 1. The Morgan fingerprint density at radius 1 is 1.04 bits per heavy atom. The number of methoxy groups -OCH3 is 1. The maximum absolute atomic E-state index is 12.4. The second kappa shape index (κ2) is 9.70. The van der Waals surface area contributed by atoms with Crippen LogP contribution in [0.5, 0.6) is 0 Å². The van der Waals surface area contributed by atoms with Gasteiger partial charge in [0.15, 0.2) is 5.11 Å². The fourth-order valence-corrected chi connectivity index (χ4v) is 5.69. The van der Waals surface area contributed by atoms with Crippen molar-refractivity contribution in [3.8, 4) is 0 Å². The third-order valence-electron chi connectivity index (χ3n) is 5.48. The first-order chi connectivity index (χ1) is 12.7. The lowest BCUT2D eigenvalue weighted by Gasteiger charge is -2.22. The van der Waals surface area contributed by atoms with Gasteiger partial charge >= 0.3 is 5.97 Å². The largest absolute Gasteiger partial charge is 0.465 e. The van der Waals surface area contributed by atoms with E-state index in [0.29, 0.717) is 16.7 Å². The van der Waals surface area contributed by atoms with Crippen LogP contribution >= 0.6 is 23.6 Å². The van der Waals surface area contributed by atoms with Crippen LogP contribution in [0.3, 0.4) is 0 Å². The molecule has 3 rings (SSSR count). The highest BCUT2D eigenvalue weighted by Crippen LogP contribution is 2.38. The summed E-state index contributed by atoms with van der Waals surface area (Å²) in [5, 5.41) is 8.30. The molecule has 0 saturated heterocycles. The van der Waals surface area contributed by atoms with Crippen molar-refractivity contribution in [3.63, 3.8) is 0 Å². The Bertz CT molecular complexity index is 634. The third kappa shape index (κ3) is 4.97. The van der Waals surface area contributed by atoms with Gasteiger partial charge in [-0.1, -0.05) is 38.5 Å². The Morgan fingerprint density at radius 3 is 2.42 bits per heavy atom. The number of rotatable bonds is 3. The Hall–Kier alpha value is -1.14. The number of nitrogens with one attached hydrogen (secondary N) is 2. The van der Waals surface area contributed by atoms with Crippen LogP contribution in [0, 0.1) is 0 Å². The Morgan fingerprint density at radius 2 is 1.69 bits per heavy atom. The van der Waals surface area contributed by atoms with Crippen molar-refractivity contribution in [1.29, 1.82) is 0 Å². The molecular weight excluding hydrogens is 364 g/mol. The molecule has 0 amide bonds. The fraction of sp³-hybridized carbons (Fsp3) is 0.700. The normalized spacial score (nSPS) is 18.8. The molecule has 0 bridgehead atoms. The zero-order valence-electron chi connectivity index (χ0n) is 15.7. The summed E-state index contributed by atoms with van der Waals surface area (Å²) in [4.78, 5) is 13.7. The minimum Gasteiger partial charge on any atom is -0.465 e. The minimum absolute atomic E-state index is 0.249. The highest BCUT2D eigenvalue weighted by atomic mass is 32.1. The Kier molecular flexibility index (Phi) is 7.32. The van der Waals surface area contributed by atoms with Crippen molar-refractivity contribution in [2.24, 2.45) is 0 Å². The fourth-order valence-electron chi connectivity index (χ4n) is 4.07. The number of ether oxygens (including phenoxy) is 1. The molecule has 0 aliphatic heterocycles. The molecule has 2 N–H and O–H groups in total. The summed E-state index contributed by atoms with van der Waals surface area (Å²) in [5.74, 6) is -0.249. The van der Waals surface area contributed by atoms with Crippen LogP contribution in [0.15, 0.2) is 0 Å². The Labute approximate surface area is 166 Å². The predicted molar refractivity (Wildman–Crippen MR) is 112 cm³/mol. The number of aryl methyl sites for hydroxylation is 1. The molecule has 1 fully saturated rings. The predicted octanol–water partition coefficient (Wildman–Crippen LogP) is 5.20. The maximum atomic E-state index is 12.4. The number of carbonyl (C=O) groups is 1. The zero-order chi connectivity index (χ0) is 18.4. The summed E-state index contributed by atoms with van der Waals surface area (Å²) < 4.78 is 5.07. The molecule has 1 saturated carbocycles. The summed E-state index contributed by atoms with van der Waals surface area (Å²) in [7, 11) is 1.46. The summed E-state index contributed by atoms with van der Waals surface area (Å²) in [5.41, 5.74) is 1.88. The molecule has 1 heterocycles. The van der Waals surface area contributed by atoms with E-state index in [9.17, 15) is 4.79 Å². The standard InChI is InChI=1S/C20H30N2O2S2/c1-24-19(23)17-15-12-8-5-9-13-16(15)26-18(17)22-20(25)21-14-10-6-3-2-4-7-11-14/h14H,2-13H2,1H3,(H2,21,22,25). The zero-order valence-corrected chi connectivity index (χ0v) is 17.3. The van der Waals surface area contributed by atoms with Gasteiger partial charge in [0.2, 0.25) is 0 Å². The lowest BCUT2D eigenvalue weighted by molar-refractivity contribution is 0.0601. The molecule has 6 heteroatoms. The van der Waals surface area contributed by atoms with E-state index in [1.54, 1.807) is 11.3 Å². The molecule has 1 aromatic rings. The summed E-state index contributed by atoms with van der Waals surface area (Å²) >= 11 is 7.25. The molecule has 2 aliphatic rings. The van der Waals surface area contributed by atoms with Gasteiger partial charge in [0.05, 0.1) is 12.7 Å². The number of thiocarbonyl (C=S) groups is 1. The average Bonchev–Trinajstić information content (AvgIpc) is 2.77. The van der Waals surface area contributed by atoms with Gasteiger partial charge < -0.3 is 15.4 Å². The van der Waals surface area contributed by atoms with Gasteiger partial charge in [-0.2, -0.15) is 0 Å². The monoisotopic (exact) mass is 394 g/mol. The molecule has 26 heavy (non-hydrogen) atoms. The highest BCUT2D eigenvalue weighted by Gasteiger charge is 2.26. The average molecular weight is 395 g/mol. The van der Waals surface area contributed by atoms with Crippen LogP contribution in [-0.4, -0.2) is 24.2 Å². The van der Waals surface area contributed by atoms with Crippen molar-refractivity contribution in [2.75, 3.05) is 12.4 Å². The molecule has 0 radical (unpaired) electrons. The van der Waals surface area contributed by atoms with Crippen molar-refractivity contribution < 1.29 is 9.53 Å². The van der Waals surface area contributed by atoms with Gasteiger partial charge in [-0.15, -0.1) is 11.3 Å². The van der Waals surface area contributed by atoms with Gasteiger partial charge in [0, 0.05) is 10.9 Å². The van der Waals surface area contributed by atoms with E-state index in [4.69, 9.17) is 17.0 Å². The molecule has 0 unspecified atom stereocenters. The molecule has 4 nitrogen and oxygen atoms in total. The van der Waals surface area contributed by atoms with Gasteiger partial charge in [-0.3, -0.25) is 0 Å². The molecule has 0 atom stereocenters. The van der Waals surface area contributed by atoms with E-state index < -0.39 is 0 Å². The number of thiophene rings is 1. The summed E-state index contributed by atoms with van der Waals surface area (Å²) in [6, 6.07) is 0.440. The van der Waals surface area contributed by atoms with E-state index >= 15 is 0 Å². The van der Waals surface area contributed by atoms with Gasteiger partial charge in [0.25, 0.3) is 0 Å². The molecule has 1 aromatic heterocycles. The van der Waals surface area contributed by atoms with Gasteiger partial charge in [0.1, 0.15) is 5.00 Å². The summed E-state index contributed by atoms with van der Waals surface area (Å²) in [6.07, 6.45) is 14.4. The van der Waals surface area contributed by atoms with Crippen molar-refractivity contribution >= 4 is 39.6 Å². The maximum Gasteiger partial charge on any atom is 0.341 e. The van der Waals surface area contributed by atoms with Crippen LogP contribution in [-0.2, 0) is 17.6 Å². The number of esters is 1. The summed E-state index contributed by atoms with van der Waals surface area (Å²) in [6.45, 7) is 0. The first-order valence-electron chi connectivity index (χ1n) is 9.99. The van der Waals surface area contributed by atoms with E-state index in [1.165, 1.54) is 75.3 Å². The third-order valence-corrected chi connectivity index (χ3v) is 6.91. The second-order valence-electron chi connectivity index (χ2n) is 7.40. The lowest BCUT2D eigenvalue weighted by Crippen LogP contribution is -2.38. The highest BCUT2D eigenvalue weighted by molar-refractivity contribution is 7.80. The Balaban J connectivity index is 1.71. The van der Waals surface area contributed by atoms with Crippen LogP contribution in [0.2, 0.25) is 0 Å². The van der Waals surface area contributed by atoms with E-state index in [-0.39, 0.29) is 5.97 Å². The van der Waals surface area contributed by atoms with Crippen LogP contribution in [0.1, 0.15) is 85.0 Å². The number of hydrogen-bond acceptors (Lipinski definition) is 4. The van der Waals surface area contributed by atoms with Crippen molar-refractivity contribution in [2.45, 2.75) is 83.1 Å². The molecule has 2 aliphatic carbocycles. The molecule has 144 valence electrons. The topological polar surface area (TPSA) is 50.4 Å². The van der Waals surface area contributed by atoms with Gasteiger partial charge in [-0.25, -0.2) is 4.79 Å². The second-order valence-corrected chi connectivity index (χ2v) is 8.91. The van der Waals surface area contributed by atoms with Crippen LogP contribution in [0.25, 0.3) is 0 Å². The van der Waals surface area contributed by atoms with Gasteiger partial charge in [-0.05, 0) is 56.3 Å². The smallest absolute Gasteiger partial charge is 0.341 e. The van der Waals surface area contributed by atoms with Crippen LogP contribution < -0.4 is 10.6 Å². The quantitative estimate of drug-likeness (QED) is 0.419. The minimum atomic E-state index is -0.249. The number of anilines is 1.